The summed E-state index contributed by atoms with van der Waals surface area (Å²) in [5, 5.41) is 5.96. The van der Waals surface area contributed by atoms with Crippen LogP contribution in [0.25, 0.3) is 0 Å². The molecular formula is C18H16Cl2N2O4. The van der Waals surface area contributed by atoms with Crippen LogP contribution in [-0.4, -0.2) is 32.1 Å². The van der Waals surface area contributed by atoms with Gasteiger partial charge in [0, 0.05) is 12.6 Å². The third-order valence-electron chi connectivity index (χ3n) is 3.75. The van der Waals surface area contributed by atoms with E-state index in [9.17, 15) is 9.59 Å². The van der Waals surface area contributed by atoms with E-state index in [1.165, 1.54) is 13.1 Å². The molecule has 0 atom stereocenters. The Kier molecular flexibility index (Phi) is 5.54. The van der Waals surface area contributed by atoms with Crippen molar-refractivity contribution in [2.24, 2.45) is 0 Å². The van der Waals surface area contributed by atoms with Gasteiger partial charge in [0.15, 0.2) is 11.5 Å². The first kappa shape index (κ1) is 18.4. The Labute approximate surface area is 160 Å². The van der Waals surface area contributed by atoms with Crippen molar-refractivity contribution in [3.05, 3.63) is 51.5 Å². The summed E-state index contributed by atoms with van der Waals surface area (Å²) >= 11 is 12.3. The molecule has 0 bridgehead atoms. The monoisotopic (exact) mass is 394 g/mol. The number of carbonyl (C=O) groups excluding carboxylic acids is 2. The number of ether oxygens (including phenoxy) is 2. The van der Waals surface area contributed by atoms with Crippen molar-refractivity contribution in [2.75, 3.05) is 25.6 Å². The molecule has 3 rings (SSSR count). The average molecular weight is 395 g/mol. The van der Waals surface area contributed by atoms with Gasteiger partial charge in [0.25, 0.3) is 5.91 Å². The lowest BCUT2D eigenvalue weighted by atomic mass is 10.1. The number of fused-ring (bicyclic) bond motifs is 1. The second kappa shape index (κ2) is 7.85. The Hall–Kier alpha value is -2.44. The molecule has 8 heteroatoms. The quantitative estimate of drug-likeness (QED) is 0.833. The molecule has 2 aromatic rings. The second-order valence-corrected chi connectivity index (χ2v) is 6.41. The predicted octanol–water partition coefficient (Wildman–Crippen LogP) is 3.31. The lowest BCUT2D eigenvalue weighted by molar-refractivity contribution is -0.115. The number of hydrogen-bond donors (Lipinski definition) is 2. The van der Waals surface area contributed by atoms with Crippen molar-refractivity contribution >= 4 is 40.7 Å². The zero-order valence-electron chi connectivity index (χ0n) is 13.9. The number of carbonyl (C=O) groups is 2. The number of hydrogen-bond acceptors (Lipinski definition) is 4. The van der Waals surface area contributed by atoms with E-state index in [-0.39, 0.29) is 18.2 Å². The second-order valence-electron chi connectivity index (χ2n) is 5.60. The number of benzene rings is 2. The van der Waals surface area contributed by atoms with E-state index < -0.39 is 0 Å². The molecule has 1 heterocycles. The van der Waals surface area contributed by atoms with Crippen molar-refractivity contribution in [3.63, 3.8) is 0 Å². The van der Waals surface area contributed by atoms with Crippen molar-refractivity contribution < 1.29 is 19.1 Å². The molecule has 0 saturated carbocycles. The molecule has 0 fully saturated rings. The molecule has 2 aromatic carbocycles. The van der Waals surface area contributed by atoms with Gasteiger partial charge in [0.05, 0.1) is 22.2 Å². The molecule has 0 radical (unpaired) electrons. The SMILES string of the molecule is CNC(=O)c1ccc(Cl)c(NC(=O)Cc2cc(Cl)c3c(c2)OCCO3)c1. The van der Waals surface area contributed by atoms with Gasteiger partial charge >= 0.3 is 0 Å². The van der Waals surface area contributed by atoms with Gasteiger partial charge in [0.2, 0.25) is 5.91 Å². The van der Waals surface area contributed by atoms with Gasteiger partial charge in [-0.2, -0.15) is 0 Å². The van der Waals surface area contributed by atoms with Crippen LogP contribution in [0, 0.1) is 0 Å². The van der Waals surface area contributed by atoms with Crippen LogP contribution in [0.15, 0.2) is 30.3 Å². The van der Waals surface area contributed by atoms with Crippen LogP contribution in [0.1, 0.15) is 15.9 Å². The zero-order chi connectivity index (χ0) is 18.7. The van der Waals surface area contributed by atoms with Crippen LogP contribution < -0.4 is 20.1 Å². The average Bonchev–Trinajstić information content (AvgIpc) is 2.63. The first-order valence-electron chi connectivity index (χ1n) is 7.87. The fourth-order valence-electron chi connectivity index (χ4n) is 2.55. The first-order chi connectivity index (χ1) is 12.5. The third kappa shape index (κ3) is 4.03. The first-order valence-corrected chi connectivity index (χ1v) is 8.63. The summed E-state index contributed by atoms with van der Waals surface area (Å²) < 4.78 is 11.0. The van der Waals surface area contributed by atoms with Gasteiger partial charge in [0.1, 0.15) is 13.2 Å². The summed E-state index contributed by atoms with van der Waals surface area (Å²) in [6, 6.07) is 8.05. The molecule has 1 aliphatic heterocycles. The molecule has 1 aliphatic rings. The maximum absolute atomic E-state index is 12.4. The van der Waals surface area contributed by atoms with Gasteiger partial charge < -0.3 is 20.1 Å². The van der Waals surface area contributed by atoms with E-state index >= 15 is 0 Å². The topological polar surface area (TPSA) is 76.7 Å². The third-order valence-corrected chi connectivity index (χ3v) is 4.36. The highest BCUT2D eigenvalue weighted by atomic mass is 35.5. The van der Waals surface area contributed by atoms with Crippen molar-refractivity contribution in [1.82, 2.24) is 5.32 Å². The van der Waals surface area contributed by atoms with E-state index in [2.05, 4.69) is 10.6 Å². The lowest BCUT2D eigenvalue weighted by Crippen LogP contribution is -2.19. The van der Waals surface area contributed by atoms with Crippen molar-refractivity contribution in [1.29, 1.82) is 0 Å². The summed E-state index contributed by atoms with van der Waals surface area (Å²) in [6.45, 7) is 0.869. The fourth-order valence-corrected chi connectivity index (χ4v) is 3.01. The Balaban J connectivity index is 1.75. The number of nitrogens with one attached hydrogen (secondary N) is 2. The van der Waals surface area contributed by atoms with Crippen LogP contribution in [-0.2, 0) is 11.2 Å². The molecule has 6 nitrogen and oxygen atoms in total. The van der Waals surface area contributed by atoms with Gasteiger partial charge in [-0.15, -0.1) is 0 Å². The Morgan fingerprint density at radius 3 is 2.62 bits per heavy atom. The summed E-state index contributed by atoms with van der Waals surface area (Å²) in [5.41, 5.74) is 1.44. The highest BCUT2D eigenvalue weighted by molar-refractivity contribution is 6.34. The molecular weight excluding hydrogens is 379 g/mol. The van der Waals surface area contributed by atoms with Crippen LogP contribution in [0.2, 0.25) is 10.0 Å². The van der Waals surface area contributed by atoms with Crippen molar-refractivity contribution in [2.45, 2.75) is 6.42 Å². The molecule has 0 aliphatic carbocycles. The van der Waals surface area contributed by atoms with E-state index in [0.717, 1.165) is 0 Å². The summed E-state index contributed by atoms with van der Waals surface area (Å²) in [4.78, 5) is 24.1. The fraction of sp³-hybridized carbons (Fsp3) is 0.222. The van der Waals surface area contributed by atoms with Gasteiger partial charge in [-0.3, -0.25) is 9.59 Å². The van der Waals surface area contributed by atoms with Crippen LogP contribution in [0.3, 0.4) is 0 Å². The van der Waals surface area contributed by atoms with E-state index in [1.807, 2.05) is 0 Å². The maximum atomic E-state index is 12.4. The minimum absolute atomic E-state index is 0.0664. The smallest absolute Gasteiger partial charge is 0.251 e. The molecule has 2 N–H and O–H groups in total. The molecule has 2 amide bonds. The van der Waals surface area contributed by atoms with E-state index in [4.69, 9.17) is 32.7 Å². The Morgan fingerprint density at radius 2 is 1.85 bits per heavy atom. The predicted molar refractivity (Wildman–Crippen MR) is 99.6 cm³/mol. The Bertz CT molecular complexity index is 871. The summed E-state index contributed by atoms with van der Waals surface area (Å²) in [5.74, 6) is 0.444. The Morgan fingerprint density at radius 1 is 1.08 bits per heavy atom. The standard InChI is InChI=1S/C18H16Cl2N2O4/c1-21-18(24)11-2-3-12(19)14(9-11)22-16(23)8-10-6-13(20)17-15(7-10)25-4-5-26-17/h2-3,6-7,9H,4-5,8H2,1H3,(H,21,24)(H,22,23). The number of amides is 2. The van der Waals surface area contributed by atoms with Crippen molar-refractivity contribution in [3.8, 4) is 11.5 Å². The normalized spacial score (nSPS) is 12.4. The minimum Gasteiger partial charge on any atom is -0.486 e. The lowest BCUT2D eigenvalue weighted by Gasteiger charge is -2.20. The molecule has 0 unspecified atom stereocenters. The highest BCUT2D eigenvalue weighted by Crippen LogP contribution is 2.38. The molecule has 0 aromatic heterocycles. The van der Waals surface area contributed by atoms with Gasteiger partial charge in [-0.1, -0.05) is 23.2 Å². The zero-order valence-corrected chi connectivity index (χ0v) is 15.4. The number of halogens is 2. The minimum atomic E-state index is -0.297. The van der Waals surface area contributed by atoms with Crippen LogP contribution in [0.4, 0.5) is 5.69 Å². The van der Waals surface area contributed by atoms with Gasteiger partial charge in [-0.25, -0.2) is 0 Å². The molecule has 136 valence electrons. The highest BCUT2D eigenvalue weighted by Gasteiger charge is 2.18. The maximum Gasteiger partial charge on any atom is 0.251 e. The van der Waals surface area contributed by atoms with Crippen LogP contribution >= 0.6 is 23.2 Å². The van der Waals surface area contributed by atoms with Gasteiger partial charge in [-0.05, 0) is 35.9 Å². The summed E-state index contributed by atoms with van der Waals surface area (Å²) in [7, 11) is 1.53. The number of anilines is 1. The molecule has 26 heavy (non-hydrogen) atoms. The molecule has 0 saturated heterocycles. The van der Waals surface area contributed by atoms with E-state index in [0.29, 0.717) is 51.6 Å². The number of rotatable bonds is 4. The van der Waals surface area contributed by atoms with Crippen LogP contribution in [0.5, 0.6) is 11.5 Å². The largest absolute Gasteiger partial charge is 0.486 e. The molecule has 0 spiro atoms. The van der Waals surface area contributed by atoms with E-state index in [1.54, 1.807) is 24.3 Å². The summed E-state index contributed by atoms with van der Waals surface area (Å²) in [6.07, 6.45) is 0.0664.